The summed E-state index contributed by atoms with van der Waals surface area (Å²) in [5.41, 5.74) is -1.09. The van der Waals surface area contributed by atoms with Crippen molar-refractivity contribution in [3.8, 4) is 0 Å². The van der Waals surface area contributed by atoms with Crippen molar-refractivity contribution in [1.29, 1.82) is 0 Å². The summed E-state index contributed by atoms with van der Waals surface area (Å²) in [6.45, 7) is 1.73. The van der Waals surface area contributed by atoms with E-state index in [2.05, 4.69) is 5.32 Å². The SMILES string of the molecule is C[C@]1(O)CN[C@H](CO)[C@H]1O.Cl. The third kappa shape index (κ3) is 2.04. The maximum Gasteiger partial charge on any atom is 0.102 e. The van der Waals surface area contributed by atoms with Crippen molar-refractivity contribution in [2.45, 2.75) is 24.7 Å². The highest BCUT2D eigenvalue weighted by molar-refractivity contribution is 5.85. The van der Waals surface area contributed by atoms with E-state index in [4.69, 9.17) is 5.11 Å². The fourth-order valence-corrected chi connectivity index (χ4v) is 1.15. The van der Waals surface area contributed by atoms with Crippen LogP contribution < -0.4 is 5.32 Å². The molecule has 0 saturated carbocycles. The summed E-state index contributed by atoms with van der Waals surface area (Å²) in [7, 11) is 0. The monoisotopic (exact) mass is 183 g/mol. The summed E-state index contributed by atoms with van der Waals surface area (Å²) in [5, 5.41) is 30.0. The van der Waals surface area contributed by atoms with Crippen LogP contribution in [0.3, 0.4) is 0 Å². The van der Waals surface area contributed by atoms with Gasteiger partial charge >= 0.3 is 0 Å². The van der Waals surface area contributed by atoms with E-state index in [0.717, 1.165) is 0 Å². The van der Waals surface area contributed by atoms with Gasteiger partial charge in [0.05, 0.1) is 12.6 Å². The smallest absolute Gasteiger partial charge is 0.102 e. The van der Waals surface area contributed by atoms with Crippen molar-refractivity contribution in [2.75, 3.05) is 13.2 Å². The Kier molecular flexibility index (Phi) is 3.73. The molecule has 1 saturated heterocycles. The van der Waals surface area contributed by atoms with Crippen molar-refractivity contribution in [3.05, 3.63) is 0 Å². The lowest BCUT2D eigenvalue weighted by atomic mass is 10.00. The zero-order valence-corrected chi connectivity index (χ0v) is 7.14. The average Bonchev–Trinajstić information content (AvgIpc) is 2.10. The number of aliphatic hydroxyl groups excluding tert-OH is 2. The molecule has 0 aromatic carbocycles. The van der Waals surface area contributed by atoms with Crippen LogP contribution in [-0.4, -0.2) is 46.2 Å². The molecule has 0 aromatic rings. The molecule has 4 N–H and O–H groups in total. The van der Waals surface area contributed by atoms with Gasteiger partial charge < -0.3 is 20.6 Å². The molecular formula is C6H14ClNO3. The molecule has 1 aliphatic heterocycles. The molecular weight excluding hydrogens is 170 g/mol. The van der Waals surface area contributed by atoms with Crippen LogP contribution in [0.1, 0.15) is 6.92 Å². The van der Waals surface area contributed by atoms with E-state index < -0.39 is 11.7 Å². The Morgan fingerprint density at radius 2 is 2.18 bits per heavy atom. The van der Waals surface area contributed by atoms with Crippen molar-refractivity contribution in [3.63, 3.8) is 0 Å². The van der Waals surface area contributed by atoms with Crippen LogP contribution in [0.4, 0.5) is 0 Å². The summed E-state index contributed by atoms with van der Waals surface area (Å²) >= 11 is 0. The number of halogens is 1. The van der Waals surface area contributed by atoms with Gasteiger partial charge in [-0.2, -0.15) is 0 Å². The van der Waals surface area contributed by atoms with Gasteiger partial charge in [0.15, 0.2) is 0 Å². The third-order valence-electron chi connectivity index (χ3n) is 1.94. The first-order valence-electron chi connectivity index (χ1n) is 3.32. The Bertz CT molecular complexity index is 131. The number of β-amino-alcohol motifs (C(OH)–C–C–N with tert-alkyl or cyclic N) is 1. The van der Waals surface area contributed by atoms with Gasteiger partial charge in [-0.15, -0.1) is 12.4 Å². The second-order valence-electron chi connectivity index (χ2n) is 2.97. The second kappa shape index (κ2) is 3.69. The average molecular weight is 184 g/mol. The van der Waals surface area contributed by atoms with Crippen LogP contribution in [0.5, 0.6) is 0 Å². The standard InChI is InChI=1S/C6H13NO3.ClH/c1-6(10)3-7-4(2-8)5(6)9;/h4-5,7-10H,2-3H2,1H3;1H/t4-,5-,6+;/m1./s1. The normalized spacial score (nSPS) is 43.6. The fraction of sp³-hybridized carbons (Fsp3) is 1.00. The minimum absolute atomic E-state index is 0. The minimum atomic E-state index is -1.09. The molecule has 0 radical (unpaired) electrons. The van der Waals surface area contributed by atoms with E-state index in [-0.39, 0.29) is 25.1 Å². The Balaban J connectivity index is 0.000001000. The maximum absolute atomic E-state index is 9.34. The van der Waals surface area contributed by atoms with E-state index >= 15 is 0 Å². The van der Waals surface area contributed by atoms with Crippen LogP contribution in [0.15, 0.2) is 0 Å². The summed E-state index contributed by atoms with van der Waals surface area (Å²) in [6, 6.07) is -0.380. The number of hydrogen-bond donors (Lipinski definition) is 4. The topological polar surface area (TPSA) is 72.7 Å². The Morgan fingerprint density at radius 1 is 1.64 bits per heavy atom. The zero-order valence-electron chi connectivity index (χ0n) is 6.32. The van der Waals surface area contributed by atoms with Crippen molar-refractivity contribution in [2.24, 2.45) is 0 Å². The van der Waals surface area contributed by atoms with Crippen LogP contribution in [-0.2, 0) is 0 Å². The highest BCUT2D eigenvalue weighted by Crippen LogP contribution is 2.18. The third-order valence-corrected chi connectivity index (χ3v) is 1.94. The van der Waals surface area contributed by atoms with Crippen molar-refractivity contribution >= 4 is 12.4 Å². The molecule has 5 heteroatoms. The fourth-order valence-electron chi connectivity index (χ4n) is 1.15. The molecule has 0 aromatic heterocycles. The second-order valence-corrected chi connectivity index (χ2v) is 2.97. The van der Waals surface area contributed by atoms with Gasteiger partial charge in [-0.3, -0.25) is 0 Å². The molecule has 0 unspecified atom stereocenters. The molecule has 11 heavy (non-hydrogen) atoms. The van der Waals surface area contributed by atoms with Crippen LogP contribution in [0.2, 0.25) is 0 Å². The van der Waals surface area contributed by atoms with Gasteiger partial charge in [-0.05, 0) is 6.92 Å². The zero-order chi connectivity index (χ0) is 7.78. The Labute approximate surface area is 71.6 Å². The molecule has 0 bridgehead atoms. The largest absolute Gasteiger partial charge is 0.395 e. The highest BCUT2D eigenvalue weighted by atomic mass is 35.5. The molecule has 1 rings (SSSR count). The van der Waals surface area contributed by atoms with Crippen LogP contribution >= 0.6 is 12.4 Å². The van der Waals surface area contributed by atoms with Gasteiger partial charge in [0.1, 0.15) is 11.7 Å². The highest BCUT2D eigenvalue weighted by Gasteiger charge is 2.42. The van der Waals surface area contributed by atoms with E-state index in [0.29, 0.717) is 6.54 Å². The van der Waals surface area contributed by atoms with Gasteiger partial charge in [0.25, 0.3) is 0 Å². The lowest BCUT2D eigenvalue weighted by molar-refractivity contribution is -0.0411. The molecule has 0 aliphatic carbocycles. The first-order chi connectivity index (χ1) is 4.58. The maximum atomic E-state index is 9.34. The summed E-state index contributed by atoms with van der Waals surface area (Å²) in [6.07, 6.45) is -0.863. The lowest BCUT2D eigenvalue weighted by Crippen LogP contribution is -2.42. The summed E-state index contributed by atoms with van der Waals surface area (Å²) in [5.74, 6) is 0. The van der Waals surface area contributed by atoms with Crippen LogP contribution in [0, 0.1) is 0 Å². The Hall–Kier alpha value is 0.130. The minimum Gasteiger partial charge on any atom is -0.395 e. The molecule has 0 spiro atoms. The van der Waals surface area contributed by atoms with Crippen molar-refractivity contribution in [1.82, 2.24) is 5.32 Å². The van der Waals surface area contributed by atoms with Gasteiger partial charge in [0, 0.05) is 6.54 Å². The first-order valence-corrected chi connectivity index (χ1v) is 3.32. The molecule has 1 heterocycles. The van der Waals surface area contributed by atoms with E-state index in [1.54, 1.807) is 6.92 Å². The first kappa shape index (κ1) is 11.1. The predicted octanol–water partition coefficient (Wildman–Crippen LogP) is -1.52. The predicted molar refractivity (Wildman–Crippen MR) is 42.8 cm³/mol. The summed E-state index contributed by atoms with van der Waals surface area (Å²) in [4.78, 5) is 0. The van der Waals surface area contributed by atoms with E-state index in [1.807, 2.05) is 0 Å². The van der Waals surface area contributed by atoms with Gasteiger partial charge in [-0.25, -0.2) is 0 Å². The molecule has 68 valence electrons. The molecule has 1 aliphatic rings. The Morgan fingerprint density at radius 3 is 2.36 bits per heavy atom. The number of rotatable bonds is 1. The molecule has 1 fully saturated rings. The quantitative estimate of drug-likeness (QED) is 0.399. The summed E-state index contributed by atoms with van der Waals surface area (Å²) < 4.78 is 0. The van der Waals surface area contributed by atoms with Crippen LogP contribution in [0.25, 0.3) is 0 Å². The van der Waals surface area contributed by atoms with Gasteiger partial charge in [0.2, 0.25) is 0 Å². The van der Waals surface area contributed by atoms with Gasteiger partial charge in [-0.1, -0.05) is 0 Å². The molecule has 4 nitrogen and oxygen atoms in total. The van der Waals surface area contributed by atoms with Crippen molar-refractivity contribution < 1.29 is 15.3 Å². The van der Waals surface area contributed by atoms with E-state index in [9.17, 15) is 10.2 Å². The number of nitrogens with one attached hydrogen (secondary N) is 1. The molecule has 3 atom stereocenters. The lowest BCUT2D eigenvalue weighted by Gasteiger charge is -2.21. The number of aliphatic hydroxyl groups is 3. The van der Waals surface area contributed by atoms with E-state index in [1.165, 1.54) is 0 Å². The molecule has 0 amide bonds. The number of hydrogen-bond acceptors (Lipinski definition) is 4.